The van der Waals surface area contributed by atoms with Gasteiger partial charge in [-0.2, -0.15) is 4.31 Å². The Balaban J connectivity index is 1.35. The minimum Gasteiger partial charge on any atom is -0.471 e. The van der Waals surface area contributed by atoms with Crippen molar-refractivity contribution in [3.63, 3.8) is 0 Å². The molecule has 5 rings (SSSR count). The Bertz CT molecular complexity index is 1310. The van der Waals surface area contributed by atoms with Crippen LogP contribution in [0.2, 0.25) is 0 Å². The SMILES string of the molecule is Cc1ncc(N2CCN(S(=O)(=O)c3ccoc3)CC2)nc1-c1nnc(-c2ccccc2)o1. The maximum Gasteiger partial charge on any atom is 0.268 e. The Morgan fingerprint density at radius 1 is 0.969 bits per heavy atom. The van der Waals surface area contributed by atoms with Crippen LogP contribution in [0.1, 0.15) is 5.69 Å². The summed E-state index contributed by atoms with van der Waals surface area (Å²) in [6, 6.07) is 11.0. The minimum absolute atomic E-state index is 0.161. The van der Waals surface area contributed by atoms with Gasteiger partial charge >= 0.3 is 0 Å². The number of sulfonamides is 1. The molecular weight excluding hydrogens is 432 g/mol. The van der Waals surface area contributed by atoms with Crippen LogP contribution in [0.25, 0.3) is 23.0 Å². The first kappa shape index (κ1) is 20.3. The summed E-state index contributed by atoms with van der Waals surface area (Å²) in [6.45, 7) is 3.45. The second-order valence-electron chi connectivity index (χ2n) is 7.29. The molecule has 10 nitrogen and oxygen atoms in total. The van der Waals surface area contributed by atoms with Crippen molar-refractivity contribution in [1.29, 1.82) is 0 Å². The van der Waals surface area contributed by atoms with Gasteiger partial charge in [0.15, 0.2) is 5.69 Å². The van der Waals surface area contributed by atoms with Gasteiger partial charge in [0.05, 0.1) is 18.2 Å². The summed E-state index contributed by atoms with van der Waals surface area (Å²) >= 11 is 0. The molecule has 0 saturated carbocycles. The third-order valence-electron chi connectivity index (χ3n) is 5.29. The molecule has 0 atom stereocenters. The van der Waals surface area contributed by atoms with E-state index in [0.29, 0.717) is 49.3 Å². The van der Waals surface area contributed by atoms with E-state index < -0.39 is 10.0 Å². The highest BCUT2D eigenvalue weighted by atomic mass is 32.2. The van der Waals surface area contributed by atoms with Crippen LogP contribution in [0.4, 0.5) is 5.82 Å². The van der Waals surface area contributed by atoms with E-state index in [1.165, 1.54) is 22.9 Å². The molecule has 1 aromatic carbocycles. The largest absolute Gasteiger partial charge is 0.471 e. The molecule has 4 aromatic rings. The summed E-state index contributed by atoms with van der Waals surface area (Å²) in [5, 5.41) is 8.28. The third-order valence-corrected chi connectivity index (χ3v) is 7.16. The predicted molar refractivity (Wildman–Crippen MR) is 115 cm³/mol. The van der Waals surface area contributed by atoms with Crippen molar-refractivity contribution >= 4 is 15.8 Å². The van der Waals surface area contributed by atoms with Crippen molar-refractivity contribution in [2.45, 2.75) is 11.8 Å². The predicted octanol–water partition coefficient (Wildman–Crippen LogP) is 2.61. The van der Waals surface area contributed by atoms with Gasteiger partial charge in [0.2, 0.25) is 15.9 Å². The molecule has 164 valence electrons. The zero-order valence-electron chi connectivity index (χ0n) is 17.2. The molecule has 0 N–H and O–H groups in total. The molecular formula is C21H20N6O4S. The number of aryl methyl sites for hydroxylation is 1. The second-order valence-corrected chi connectivity index (χ2v) is 9.23. The van der Waals surface area contributed by atoms with Crippen LogP contribution in [0.15, 0.2) is 68.9 Å². The van der Waals surface area contributed by atoms with Crippen LogP contribution in [0.5, 0.6) is 0 Å². The Morgan fingerprint density at radius 3 is 2.44 bits per heavy atom. The summed E-state index contributed by atoms with van der Waals surface area (Å²) < 4.78 is 37.6. The molecule has 11 heteroatoms. The highest BCUT2D eigenvalue weighted by Crippen LogP contribution is 2.26. The fraction of sp³-hybridized carbons (Fsp3) is 0.238. The highest BCUT2D eigenvalue weighted by molar-refractivity contribution is 7.89. The van der Waals surface area contributed by atoms with Crippen LogP contribution >= 0.6 is 0 Å². The van der Waals surface area contributed by atoms with E-state index >= 15 is 0 Å². The van der Waals surface area contributed by atoms with Crippen LogP contribution in [0, 0.1) is 6.92 Å². The zero-order valence-corrected chi connectivity index (χ0v) is 18.1. The first-order valence-electron chi connectivity index (χ1n) is 10.0. The average molecular weight is 452 g/mol. The lowest BCUT2D eigenvalue weighted by molar-refractivity contribution is 0.383. The Hall–Kier alpha value is -3.57. The third kappa shape index (κ3) is 3.76. The lowest BCUT2D eigenvalue weighted by Crippen LogP contribution is -2.48. The van der Waals surface area contributed by atoms with E-state index in [4.69, 9.17) is 13.8 Å². The molecule has 0 radical (unpaired) electrons. The van der Waals surface area contributed by atoms with Crippen LogP contribution in [-0.4, -0.2) is 59.1 Å². The van der Waals surface area contributed by atoms with Gasteiger partial charge in [0, 0.05) is 31.7 Å². The molecule has 0 unspecified atom stereocenters. The number of hydrogen-bond acceptors (Lipinski definition) is 9. The van der Waals surface area contributed by atoms with Gasteiger partial charge in [-0.05, 0) is 25.1 Å². The number of piperazine rings is 1. The lowest BCUT2D eigenvalue weighted by atomic mass is 10.2. The van der Waals surface area contributed by atoms with Gasteiger partial charge in [0.1, 0.15) is 17.0 Å². The normalized spacial score (nSPS) is 15.2. The Kier molecular flexibility index (Phi) is 5.19. The van der Waals surface area contributed by atoms with Crippen molar-refractivity contribution in [1.82, 2.24) is 24.5 Å². The number of aromatic nitrogens is 4. The summed E-state index contributed by atoms with van der Waals surface area (Å²) in [5.74, 6) is 1.33. The topological polar surface area (TPSA) is 118 Å². The van der Waals surface area contributed by atoms with E-state index in [-0.39, 0.29) is 10.8 Å². The number of benzene rings is 1. The number of rotatable bonds is 5. The van der Waals surface area contributed by atoms with Gasteiger partial charge in [0.25, 0.3) is 5.89 Å². The molecule has 0 amide bonds. The van der Waals surface area contributed by atoms with E-state index in [1.807, 2.05) is 42.2 Å². The van der Waals surface area contributed by atoms with Gasteiger partial charge in [-0.1, -0.05) is 18.2 Å². The maximum atomic E-state index is 12.7. The number of nitrogens with zero attached hydrogens (tertiary/aromatic N) is 6. The van der Waals surface area contributed by atoms with Crippen LogP contribution < -0.4 is 4.90 Å². The van der Waals surface area contributed by atoms with Crippen LogP contribution in [0.3, 0.4) is 0 Å². The number of anilines is 1. The molecule has 0 aliphatic carbocycles. The van der Waals surface area contributed by atoms with Crippen LogP contribution in [-0.2, 0) is 10.0 Å². The molecule has 1 fully saturated rings. The van der Waals surface area contributed by atoms with Crippen molar-refractivity contribution in [2.24, 2.45) is 0 Å². The monoisotopic (exact) mass is 452 g/mol. The first-order valence-corrected chi connectivity index (χ1v) is 11.5. The average Bonchev–Trinajstić information content (AvgIpc) is 3.53. The maximum absolute atomic E-state index is 12.7. The summed E-state index contributed by atoms with van der Waals surface area (Å²) in [4.78, 5) is 11.3. The Morgan fingerprint density at radius 2 is 1.72 bits per heavy atom. The van der Waals surface area contributed by atoms with Crippen molar-refractivity contribution in [3.05, 3.63) is 60.8 Å². The summed E-state index contributed by atoms with van der Waals surface area (Å²) in [6.07, 6.45) is 4.27. The van der Waals surface area contributed by atoms with Crippen molar-refractivity contribution in [2.75, 3.05) is 31.1 Å². The fourth-order valence-electron chi connectivity index (χ4n) is 3.52. The van der Waals surface area contributed by atoms with Gasteiger partial charge < -0.3 is 13.7 Å². The molecule has 1 aliphatic heterocycles. The minimum atomic E-state index is -3.56. The summed E-state index contributed by atoms with van der Waals surface area (Å²) in [7, 11) is -3.56. The quantitative estimate of drug-likeness (QED) is 0.450. The fourth-order valence-corrected chi connectivity index (χ4v) is 4.86. The molecule has 32 heavy (non-hydrogen) atoms. The zero-order chi connectivity index (χ0) is 22.1. The highest BCUT2D eigenvalue weighted by Gasteiger charge is 2.30. The smallest absolute Gasteiger partial charge is 0.268 e. The molecule has 3 aromatic heterocycles. The molecule has 1 saturated heterocycles. The standard InChI is InChI=1S/C21H20N6O4S/c1-15-19(21-25-24-20(31-21)16-5-3-2-4-6-16)23-18(13-22-15)26-8-10-27(11-9-26)32(28,29)17-7-12-30-14-17/h2-7,12-14H,8-11H2,1H3. The molecule has 1 aliphatic rings. The van der Waals surface area contributed by atoms with E-state index in [2.05, 4.69) is 15.2 Å². The van der Waals surface area contributed by atoms with Crippen molar-refractivity contribution in [3.8, 4) is 23.0 Å². The van der Waals surface area contributed by atoms with E-state index in [0.717, 1.165) is 5.56 Å². The van der Waals surface area contributed by atoms with E-state index in [9.17, 15) is 8.42 Å². The number of furan rings is 1. The molecule has 4 heterocycles. The Labute approximate surface area is 184 Å². The van der Waals surface area contributed by atoms with Crippen molar-refractivity contribution < 1.29 is 17.3 Å². The van der Waals surface area contributed by atoms with Gasteiger partial charge in [-0.15, -0.1) is 10.2 Å². The van der Waals surface area contributed by atoms with Gasteiger partial charge in [-0.25, -0.2) is 13.4 Å². The van der Waals surface area contributed by atoms with E-state index in [1.54, 1.807) is 6.20 Å². The van der Waals surface area contributed by atoms with Gasteiger partial charge in [-0.3, -0.25) is 4.98 Å². The summed E-state index contributed by atoms with van der Waals surface area (Å²) in [5.41, 5.74) is 1.99. The molecule has 0 spiro atoms. The molecule has 0 bridgehead atoms. The second kappa shape index (κ2) is 8.17. The first-order chi connectivity index (χ1) is 15.5. The number of hydrogen-bond donors (Lipinski definition) is 0. The lowest BCUT2D eigenvalue weighted by Gasteiger charge is -2.34.